The van der Waals surface area contributed by atoms with Crippen molar-refractivity contribution in [2.24, 2.45) is 29.1 Å². The first-order chi connectivity index (χ1) is 24.5. The molecule has 1 heterocycles. The van der Waals surface area contributed by atoms with E-state index in [1.165, 1.54) is 61.2 Å². The Balaban J connectivity index is 0.970. The van der Waals surface area contributed by atoms with Gasteiger partial charge in [-0.2, -0.15) is 0 Å². The first-order valence-electron chi connectivity index (χ1n) is 18.7. The van der Waals surface area contributed by atoms with Crippen LogP contribution in [-0.2, 0) is 10.8 Å². The number of allylic oxidation sites excluding steroid dienone is 8. The Bertz CT molecular complexity index is 2430. The van der Waals surface area contributed by atoms with Gasteiger partial charge in [0.1, 0.15) is 0 Å². The molecule has 4 unspecified atom stereocenters. The lowest BCUT2D eigenvalue weighted by Gasteiger charge is -2.33. The average molecular weight is 661 g/mol. The van der Waals surface area contributed by atoms with Gasteiger partial charge >= 0.3 is 0 Å². The summed E-state index contributed by atoms with van der Waals surface area (Å²) in [6.45, 7) is 14.3. The van der Waals surface area contributed by atoms with Crippen molar-refractivity contribution in [3.63, 3.8) is 0 Å². The van der Waals surface area contributed by atoms with Gasteiger partial charge in [-0.3, -0.25) is 0 Å². The fourth-order valence-electron chi connectivity index (χ4n) is 10.5. The second kappa shape index (κ2) is 10.5. The Labute approximate surface area is 302 Å². The van der Waals surface area contributed by atoms with Crippen molar-refractivity contribution in [3.05, 3.63) is 162 Å². The number of aromatic nitrogens is 2. The van der Waals surface area contributed by atoms with E-state index in [0.29, 0.717) is 23.7 Å². The van der Waals surface area contributed by atoms with Gasteiger partial charge in [-0.25, -0.2) is 9.97 Å². The van der Waals surface area contributed by atoms with Gasteiger partial charge in [0.2, 0.25) is 0 Å². The van der Waals surface area contributed by atoms with Crippen molar-refractivity contribution < 1.29 is 0 Å². The fraction of sp³-hybridized carbons (Fsp3) is 0.265. The second-order valence-electron chi connectivity index (χ2n) is 17.1. The topological polar surface area (TPSA) is 25.8 Å². The summed E-state index contributed by atoms with van der Waals surface area (Å²) in [6, 6.07) is 31.9. The zero-order valence-corrected chi connectivity index (χ0v) is 30.4. The van der Waals surface area contributed by atoms with Crippen LogP contribution < -0.4 is 0 Å². The molecule has 2 heteroatoms. The van der Waals surface area contributed by atoms with Crippen molar-refractivity contribution in [3.8, 4) is 44.8 Å². The lowest BCUT2D eigenvalue weighted by atomic mass is 9.71. The summed E-state index contributed by atoms with van der Waals surface area (Å²) in [5.74, 6) is 2.92. The first-order valence-corrected chi connectivity index (χ1v) is 18.7. The average Bonchev–Trinajstić information content (AvgIpc) is 3.63. The molecule has 1 saturated carbocycles. The smallest absolute Gasteiger partial charge is 0.159 e. The van der Waals surface area contributed by atoms with E-state index in [1.54, 1.807) is 0 Å². The van der Waals surface area contributed by atoms with Crippen LogP contribution in [0.5, 0.6) is 0 Å². The zero-order chi connectivity index (χ0) is 34.9. The third-order valence-electron chi connectivity index (χ3n) is 13.4. The van der Waals surface area contributed by atoms with Crippen LogP contribution in [-0.4, -0.2) is 9.97 Å². The van der Waals surface area contributed by atoms with Crippen molar-refractivity contribution in [2.45, 2.75) is 52.4 Å². The van der Waals surface area contributed by atoms with Crippen LogP contribution in [0, 0.1) is 29.1 Å². The fourth-order valence-corrected chi connectivity index (χ4v) is 10.5. The predicted molar refractivity (Wildman–Crippen MR) is 211 cm³/mol. The van der Waals surface area contributed by atoms with E-state index in [-0.39, 0.29) is 16.2 Å². The van der Waals surface area contributed by atoms with Gasteiger partial charge in [0.05, 0.1) is 5.69 Å². The number of rotatable bonds is 3. The third kappa shape index (κ3) is 4.29. The van der Waals surface area contributed by atoms with Crippen molar-refractivity contribution in [1.29, 1.82) is 0 Å². The van der Waals surface area contributed by atoms with Gasteiger partial charge in [-0.1, -0.05) is 145 Å². The summed E-state index contributed by atoms with van der Waals surface area (Å²) in [6.07, 6.45) is 18.5. The van der Waals surface area contributed by atoms with E-state index in [9.17, 15) is 0 Å². The molecule has 0 N–H and O–H groups in total. The maximum absolute atomic E-state index is 5.19. The second-order valence-corrected chi connectivity index (χ2v) is 17.1. The molecular weight excluding hydrogens is 617 g/mol. The molecule has 250 valence electrons. The van der Waals surface area contributed by atoms with Crippen LogP contribution in [0.25, 0.3) is 50.3 Å². The molecule has 1 fully saturated rings. The molecule has 0 radical (unpaired) electrons. The van der Waals surface area contributed by atoms with Crippen LogP contribution in [0.15, 0.2) is 134 Å². The van der Waals surface area contributed by atoms with Crippen LogP contribution >= 0.6 is 0 Å². The van der Waals surface area contributed by atoms with E-state index in [2.05, 4.69) is 169 Å². The highest BCUT2D eigenvalue weighted by Gasteiger charge is 2.52. The molecule has 0 aliphatic heterocycles. The van der Waals surface area contributed by atoms with Gasteiger partial charge in [0, 0.05) is 22.6 Å². The van der Waals surface area contributed by atoms with Crippen LogP contribution in [0.3, 0.4) is 0 Å². The highest BCUT2D eigenvalue weighted by Crippen LogP contribution is 2.59. The zero-order valence-electron chi connectivity index (χ0n) is 30.4. The number of hydrogen-bond donors (Lipinski definition) is 0. The lowest BCUT2D eigenvalue weighted by molar-refractivity contribution is 0.239. The van der Waals surface area contributed by atoms with Crippen molar-refractivity contribution in [2.75, 3.05) is 0 Å². The Hall–Kier alpha value is -5.08. The standard InChI is InChI=1S/C49H44N2/c1-47(2)39-13-9-7-11-33(39)35-19-15-29(25-41(35)47)30-16-20-37-38-22-18-32(28-44(38)49(5,6)42(37)26-30)46-50-24-23-45(51-46)31-17-21-36-34-12-8-10-14-40(34)48(3,4)43(36)27-31/h7-28,34,36,40,43H,1-6H3. The van der Waals surface area contributed by atoms with E-state index in [0.717, 1.165) is 17.1 Å². The maximum Gasteiger partial charge on any atom is 0.159 e. The summed E-state index contributed by atoms with van der Waals surface area (Å²) in [4.78, 5) is 10.0. The molecule has 0 bridgehead atoms. The summed E-state index contributed by atoms with van der Waals surface area (Å²) in [5.41, 5.74) is 16.7. The number of hydrogen-bond acceptors (Lipinski definition) is 2. The normalized spacial score (nSPS) is 24.6. The van der Waals surface area contributed by atoms with E-state index in [1.807, 2.05) is 6.20 Å². The van der Waals surface area contributed by atoms with Crippen LogP contribution in [0.1, 0.15) is 69.5 Å². The number of fused-ring (bicyclic) bond motifs is 9. The van der Waals surface area contributed by atoms with Gasteiger partial charge in [0.15, 0.2) is 5.82 Å². The summed E-state index contributed by atoms with van der Waals surface area (Å²) < 4.78 is 0. The summed E-state index contributed by atoms with van der Waals surface area (Å²) in [5, 5.41) is 0. The Morgan fingerprint density at radius 2 is 1.10 bits per heavy atom. The van der Waals surface area contributed by atoms with Gasteiger partial charge in [-0.05, 0) is 115 Å². The molecule has 0 spiro atoms. The summed E-state index contributed by atoms with van der Waals surface area (Å²) in [7, 11) is 0. The van der Waals surface area contributed by atoms with Crippen LogP contribution in [0.2, 0.25) is 0 Å². The minimum absolute atomic E-state index is 0.0169. The first kappa shape index (κ1) is 30.7. The van der Waals surface area contributed by atoms with E-state index < -0.39 is 0 Å². The highest BCUT2D eigenvalue weighted by atomic mass is 14.9. The van der Waals surface area contributed by atoms with Gasteiger partial charge < -0.3 is 0 Å². The molecule has 0 saturated heterocycles. The molecule has 4 aromatic carbocycles. The quantitative estimate of drug-likeness (QED) is 0.192. The number of nitrogens with zero attached hydrogens (tertiary/aromatic N) is 2. The molecular formula is C49H44N2. The van der Waals surface area contributed by atoms with Crippen molar-refractivity contribution in [1.82, 2.24) is 9.97 Å². The molecule has 5 aliphatic carbocycles. The van der Waals surface area contributed by atoms with E-state index in [4.69, 9.17) is 9.97 Å². The minimum atomic E-state index is -0.155. The third-order valence-corrected chi connectivity index (χ3v) is 13.4. The molecule has 10 rings (SSSR count). The molecule has 5 aliphatic rings. The highest BCUT2D eigenvalue weighted by molar-refractivity contribution is 5.87. The monoisotopic (exact) mass is 660 g/mol. The molecule has 0 amide bonds. The minimum Gasteiger partial charge on any atom is -0.237 e. The lowest BCUT2D eigenvalue weighted by Crippen LogP contribution is -2.26. The van der Waals surface area contributed by atoms with Crippen molar-refractivity contribution >= 4 is 5.57 Å². The van der Waals surface area contributed by atoms with Gasteiger partial charge in [0.25, 0.3) is 0 Å². The SMILES string of the molecule is CC1(C)c2ccccc2-c2ccc(-c3ccc4c(c3)C(C)(C)c3cc(-c5nccc(C6=CC7C(C=C6)C6C=CC=CC6C7(C)C)n5)ccc3-4)cc21. The molecule has 4 atom stereocenters. The van der Waals surface area contributed by atoms with E-state index >= 15 is 0 Å². The molecule has 51 heavy (non-hydrogen) atoms. The Morgan fingerprint density at radius 3 is 1.80 bits per heavy atom. The number of benzene rings is 4. The predicted octanol–water partition coefficient (Wildman–Crippen LogP) is 12.0. The molecule has 1 aromatic heterocycles. The van der Waals surface area contributed by atoms with Gasteiger partial charge in [-0.15, -0.1) is 0 Å². The largest absolute Gasteiger partial charge is 0.237 e. The Kier molecular flexibility index (Phi) is 6.31. The Morgan fingerprint density at radius 1 is 0.529 bits per heavy atom. The molecule has 2 nitrogen and oxygen atoms in total. The van der Waals surface area contributed by atoms with Crippen LogP contribution in [0.4, 0.5) is 0 Å². The maximum atomic E-state index is 5.19. The molecule has 5 aromatic rings. The summed E-state index contributed by atoms with van der Waals surface area (Å²) >= 11 is 0.